The molecule has 2 N–H and O–H groups in total. The van der Waals surface area contributed by atoms with E-state index in [1.807, 2.05) is 34.7 Å². The average Bonchev–Trinajstić information content (AvgIpc) is 3.92. The molecule has 0 atom stereocenters. The number of hydrogen-bond donors (Lipinski definition) is 2. The number of hydrogen-bond acceptors (Lipinski definition) is 9. The number of halogens is 2. The maximum atomic E-state index is 13.5. The number of benzene rings is 2. The van der Waals surface area contributed by atoms with E-state index in [2.05, 4.69) is 25.5 Å². The number of ether oxygens (including phenoxy) is 2. The summed E-state index contributed by atoms with van der Waals surface area (Å²) >= 11 is 13.8. The van der Waals surface area contributed by atoms with E-state index in [0.717, 1.165) is 54.6 Å². The number of aromatic nitrogens is 4. The SMILES string of the molecule is COc1cc(N2COc3cc(C(=O)Nc4cccc(-c5cccc(NC(=O)c6nc7c(n6C)CCN(CC6CC6)C7)c5Cl)c4Cl)ncc3C2)ccn1. The molecule has 3 aliphatic rings. The minimum Gasteiger partial charge on any atom is -0.481 e. The van der Waals surface area contributed by atoms with Crippen LogP contribution in [0.3, 0.4) is 0 Å². The number of imidazole rings is 1. The van der Waals surface area contributed by atoms with Crippen molar-refractivity contribution < 1.29 is 19.1 Å². The van der Waals surface area contributed by atoms with E-state index in [4.69, 9.17) is 37.7 Å². The molecule has 5 aromatic rings. The van der Waals surface area contributed by atoms with Gasteiger partial charge < -0.3 is 29.6 Å². The molecule has 266 valence electrons. The zero-order chi connectivity index (χ0) is 35.9. The summed E-state index contributed by atoms with van der Waals surface area (Å²) in [6.07, 6.45) is 6.78. The lowest BCUT2D eigenvalue weighted by Gasteiger charge is -2.30. The number of anilines is 3. The van der Waals surface area contributed by atoms with Gasteiger partial charge in [-0.3, -0.25) is 19.5 Å². The second kappa shape index (κ2) is 14.1. The quantitative estimate of drug-likeness (QED) is 0.168. The number of nitrogens with zero attached hydrogens (tertiary/aromatic N) is 6. The van der Waals surface area contributed by atoms with Crippen molar-refractivity contribution in [3.63, 3.8) is 0 Å². The Morgan fingerprint density at radius 3 is 2.40 bits per heavy atom. The Kier molecular flexibility index (Phi) is 9.20. The van der Waals surface area contributed by atoms with Gasteiger partial charge in [0.2, 0.25) is 5.88 Å². The van der Waals surface area contributed by atoms with E-state index in [1.54, 1.807) is 55.9 Å². The van der Waals surface area contributed by atoms with Crippen molar-refractivity contribution in [2.75, 3.05) is 42.5 Å². The topological polar surface area (TPSA) is 127 Å². The molecular weight excluding hydrogens is 703 g/mol. The minimum atomic E-state index is -0.452. The van der Waals surface area contributed by atoms with Crippen molar-refractivity contribution >= 4 is 52.1 Å². The van der Waals surface area contributed by atoms with Crippen LogP contribution in [0, 0.1) is 5.92 Å². The molecule has 2 aliphatic heterocycles. The molecule has 14 heteroatoms. The zero-order valence-electron chi connectivity index (χ0n) is 28.7. The number of fused-ring (bicyclic) bond motifs is 2. The molecule has 0 bridgehead atoms. The highest BCUT2D eigenvalue weighted by Gasteiger charge is 2.30. The molecular formula is C38H36Cl2N8O4. The molecule has 1 saturated carbocycles. The van der Waals surface area contributed by atoms with Gasteiger partial charge in [0.15, 0.2) is 12.6 Å². The molecule has 3 aromatic heterocycles. The highest BCUT2D eigenvalue weighted by Crippen LogP contribution is 2.41. The predicted octanol–water partition coefficient (Wildman–Crippen LogP) is 6.82. The first-order valence-electron chi connectivity index (χ1n) is 17.1. The predicted molar refractivity (Wildman–Crippen MR) is 199 cm³/mol. The van der Waals surface area contributed by atoms with Crippen LogP contribution in [0.15, 0.2) is 67.0 Å². The van der Waals surface area contributed by atoms with E-state index in [9.17, 15) is 9.59 Å². The number of nitrogens with one attached hydrogen (secondary N) is 2. The zero-order valence-corrected chi connectivity index (χ0v) is 30.2. The Bertz CT molecular complexity index is 2200. The maximum Gasteiger partial charge on any atom is 0.291 e. The third kappa shape index (κ3) is 6.76. The van der Waals surface area contributed by atoms with Gasteiger partial charge in [-0.15, -0.1) is 0 Å². The Balaban J connectivity index is 0.964. The Hall–Kier alpha value is -5.17. The lowest BCUT2D eigenvalue weighted by Crippen LogP contribution is -2.32. The molecule has 0 spiro atoms. The Morgan fingerprint density at radius 1 is 0.962 bits per heavy atom. The van der Waals surface area contributed by atoms with Crippen LogP contribution in [-0.2, 0) is 26.6 Å². The van der Waals surface area contributed by atoms with Crippen molar-refractivity contribution in [2.24, 2.45) is 13.0 Å². The molecule has 2 aromatic carbocycles. The van der Waals surface area contributed by atoms with Crippen molar-refractivity contribution in [3.8, 4) is 22.8 Å². The Labute approximate surface area is 310 Å². The van der Waals surface area contributed by atoms with Crippen LogP contribution in [-0.4, -0.2) is 63.2 Å². The second-order valence-corrected chi connectivity index (χ2v) is 14.0. The standard InChI is InChI=1S/C38H36Cl2N8O4/c1-46-31-12-14-47(18-22-9-10-22)20-30(31)43-36(46)38(50)45-28-8-4-6-26(35(28)40)25-5-3-7-27(34(25)39)44-37(49)29-16-32-23(17-42-29)19-48(21-52-32)24-11-13-41-33(15-24)51-2/h3-8,11,13,15-17,22H,9-10,12,14,18-21H2,1-2H3,(H,44,49)(H,45,50). The van der Waals surface area contributed by atoms with Gasteiger partial charge in [0, 0.05) is 85.7 Å². The molecule has 12 nitrogen and oxygen atoms in total. The van der Waals surface area contributed by atoms with Crippen LogP contribution < -0.4 is 25.0 Å². The number of pyridine rings is 2. The van der Waals surface area contributed by atoms with E-state index in [1.165, 1.54) is 12.8 Å². The fourth-order valence-electron chi connectivity index (χ4n) is 6.76. The summed E-state index contributed by atoms with van der Waals surface area (Å²) in [5.41, 5.74) is 5.92. The first kappa shape index (κ1) is 33.9. The third-order valence-electron chi connectivity index (χ3n) is 9.74. The highest BCUT2D eigenvalue weighted by molar-refractivity contribution is 6.40. The summed E-state index contributed by atoms with van der Waals surface area (Å²) < 4.78 is 13.1. The van der Waals surface area contributed by atoms with Crippen molar-refractivity contribution in [1.29, 1.82) is 0 Å². The van der Waals surface area contributed by atoms with Crippen molar-refractivity contribution in [1.82, 2.24) is 24.4 Å². The number of carbonyl (C=O) groups excluding carboxylic acids is 2. The first-order valence-corrected chi connectivity index (χ1v) is 17.8. The van der Waals surface area contributed by atoms with Gasteiger partial charge in [-0.25, -0.2) is 9.97 Å². The molecule has 1 fully saturated rings. The van der Waals surface area contributed by atoms with Gasteiger partial charge in [-0.05, 0) is 37.0 Å². The van der Waals surface area contributed by atoms with Gasteiger partial charge in [0.05, 0.1) is 40.8 Å². The average molecular weight is 740 g/mol. The molecule has 52 heavy (non-hydrogen) atoms. The minimum absolute atomic E-state index is 0.175. The molecule has 0 radical (unpaired) electrons. The summed E-state index contributed by atoms with van der Waals surface area (Å²) in [6, 6.07) is 16.0. The monoisotopic (exact) mass is 738 g/mol. The summed E-state index contributed by atoms with van der Waals surface area (Å²) in [7, 11) is 3.46. The van der Waals surface area contributed by atoms with Gasteiger partial charge in [-0.1, -0.05) is 47.5 Å². The first-order chi connectivity index (χ1) is 25.2. The van der Waals surface area contributed by atoms with E-state index in [-0.39, 0.29) is 23.4 Å². The van der Waals surface area contributed by atoms with Crippen LogP contribution in [0.1, 0.15) is 50.9 Å². The largest absolute Gasteiger partial charge is 0.481 e. The summed E-state index contributed by atoms with van der Waals surface area (Å²) in [6.45, 7) is 3.64. The smallest absolute Gasteiger partial charge is 0.291 e. The summed E-state index contributed by atoms with van der Waals surface area (Å²) in [5, 5.41) is 6.43. The molecule has 1 aliphatic carbocycles. The lowest BCUT2D eigenvalue weighted by atomic mass is 10.0. The van der Waals surface area contributed by atoms with Gasteiger partial charge in [-0.2, -0.15) is 0 Å². The van der Waals surface area contributed by atoms with Crippen LogP contribution >= 0.6 is 23.2 Å². The summed E-state index contributed by atoms with van der Waals surface area (Å²) in [5.74, 6) is 1.43. The highest BCUT2D eigenvalue weighted by atomic mass is 35.5. The fourth-order valence-corrected chi connectivity index (χ4v) is 7.31. The Morgan fingerprint density at radius 2 is 1.69 bits per heavy atom. The van der Waals surface area contributed by atoms with Crippen molar-refractivity contribution in [2.45, 2.75) is 32.4 Å². The number of rotatable bonds is 9. The second-order valence-electron chi connectivity index (χ2n) is 13.3. The van der Waals surface area contributed by atoms with Crippen LogP contribution in [0.5, 0.6) is 11.6 Å². The lowest BCUT2D eigenvalue weighted by molar-refractivity contribution is 0.100. The van der Waals surface area contributed by atoms with Gasteiger partial charge in [0.25, 0.3) is 11.8 Å². The number of carbonyl (C=O) groups is 2. The maximum absolute atomic E-state index is 13.5. The van der Waals surface area contributed by atoms with Crippen LogP contribution in [0.4, 0.5) is 17.1 Å². The number of methoxy groups -OCH3 is 1. The van der Waals surface area contributed by atoms with E-state index < -0.39 is 5.91 Å². The van der Waals surface area contributed by atoms with E-state index >= 15 is 0 Å². The van der Waals surface area contributed by atoms with Crippen LogP contribution in [0.25, 0.3) is 11.1 Å². The normalized spacial score (nSPS) is 15.3. The van der Waals surface area contributed by atoms with Gasteiger partial charge in [0.1, 0.15) is 11.4 Å². The molecule has 8 rings (SSSR count). The van der Waals surface area contributed by atoms with Crippen molar-refractivity contribution in [3.05, 3.63) is 106 Å². The molecule has 5 heterocycles. The van der Waals surface area contributed by atoms with Gasteiger partial charge >= 0.3 is 0 Å². The van der Waals surface area contributed by atoms with E-state index in [0.29, 0.717) is 51.5 Å². The number of amides is 2. The van der Waals surface area contributed by atoms with Crippen LogP contribution in [0.2, 0.25) is 10.0 Å². The summed E-state index contributed by atoms with van der Waals surface area (Å²) in [4.78, 5) is 44.7. The third-order valence-corrected chi connectivity index (χ3v) is 10.6. The molecule has 2 amide bonds. The molecule has 0 unspecified atom stereocenters. The fraction of sp³-hybridized carbons (Fsp3) is 0.289. The molecule has 0 saturated heterocycles.